The van der Waals surface area contributed by atoms with Crippen molar-refractivity contribution < 1.29 is 28.0 Å². The number of hydrogen-bond acceptors (Lipinski definition) is 8. The van der Waals surface area contributed by atoms with Crippen molar-refractivity contribution in [2.45, 2.75) is 77.1 Å². The lowest BCUT2D eigenvalue weighted by atomic mass is 10.00. The number of carbonyl (C=O) groups excluding carboxylic acids is 3. The van der Waals surface area contributed by atoms with Gasteiger partial charge in [0.05, 0.1) is 17.5 Å². The third-order valence-electron chi connectivity index (χ3n) is 11.1. The maximum Gasteiger partial charge on any atom is 0.258 e. The third-order valence-corrected chi connectivity index (χ3v) is 11.1. The molecule has 12 heteroatoms. The second-order valence-corrected chi connectivity index (χ2v) is 14.7. The summed E-state index contributed by atoms with van der Waals surface area (Å²) in [7, 11) is 0. The van der Waals surface area contributed by atoms with Gasteiger partial charge >= 0.3 is 0 Å². The fraction of sp³-hybridized carbons (Fsp3) is 0.390. The first-order valence-corrected chi connectivity index (χ1v) is 18.2. The Labute approximate surface area is 307 Å². The van der Waals surface area contributed by atoms with Crippen molar-refractivity contribution in [3.63, 3.8) is 0 Å². The summed E-state index contributed by atoms with van der Waals surface area (Å²) < 4.78 is 27.1. The number of nitrogens with one attached hydrogen (secondary N) is 1. The molecule has 1 atom stereocenters. The molecular weight excluding hydrogens is 675 g/mol. The van der Waals surface area contributed by atoms with Gasteiger partial charge in [0.15, 0.2) is 0 Å². The number of fused-ring (bicyclic) bond motifs is 1. The van der Waals surface area contributed by atoms with Crippen LogP contribution in [0.2, 0.25) is 0 Å². The van der Waals surface area contributed by atoms with Crippen LogP contribution in [0.25, 0.3) is 16.0 Å². The molecule has 2 saturated heterocycles. The summed E-state index contributed by atoms with van der Waals surface area (Å²) in [5, 5.41) is 6.47. The van der Waals surface area contributed by atoms with E-state index in [1.807, 2.05) is 18.7 Å². The van der Waals surface area contributed by atoms with Crippen LogP contribution < -0.4 is 15.1 Å². The van der Waals surface area contributed by atoms with E-state index in [0.717, 1.165) is 64.3 Å². The highest BCUT2D eigenvalue weighted by molar-refractivity contribution is 6.05. The summed E-state index contributed by atoms with van der Waals surface area (Å²) in [6.07, 6.45) is 2.89. The minimum Gasteiger partial charge on any atom is -0.374 e. The van der Waals surface area contributed by atoms with Crippen molar-refractivity contribution in [1.82, 2.24) is 15.4 Å². The maximum absolute atomic E-state index is 15.3. The summed E-state index contributed by atoms with van der Waals surface area (Å²) in [6.45, 7) is 16.1. The zero-order chi connectivity index (χ0) is 37.0. The smallest absolute Gasteiger partial charge is 0.258 e. The van der Waals surface area contributed by atoms with Crippen LogP contribution in [-0.2, 0) is 26.4 Å². The number of rotatable bonds is 11. The predicted molar refractivity (Wildman–Crippen MR) is 196 cm³/mol. The lowest BCUT2D eigenvalue weighted by Gasteiger charge is -2.41. The number of piperidine rings is 1. The molecule has 1 saturated carbocycles. The van der Waals surface area contributed by atoms with Gasteiger partial charge in [-0.2, -0.15) is 0 Å². The van der Waals surface area contributed by atoms with Crippen molar-refractivity contribution in [3.05, 3.63) is 106 Å². The second-order valence-electron chi connectivity index (χ2n) is 14.7. The Hall–Kier alpha value is -5.54. The van der Waals surface area contributed by atoms with Crippen LogP contribution in [0.5, 0.6) is 0 Å². The van der Waals surface area contributed by atoms with Crippen LogP contribution in [0.15, 0.2) is 59.1 Å². The van der Waals surface area contributed by atoms with Gasteiger partial charge in [0.2, 0.25) is 11.8 Å². The molecule has 3 aliphatic heterocycles. The van der Waals surface area contributed by atoms with Crippen LogP contribution in [0.3, 0.4) is 0 Å². The molecule has 0 spiro atoms. The zero-order valence-corrected chi connectivity index (χ0v) is 30.1. The largest absolute Gasteiger partial charge is 0.374 e. The van der Waals surface area contributed by atoms with Gasteiger partial charge in [-0.1, -0.05) is 17.3 Å². The highest BCUT2D eigenvalue weighted by atomic mass is 19.1. The molecule has 3 fully saturated rings. The normalized spacial score (nSPS) is 19.2. The van der Waals surface area contributed by atoms with Gasteiger partial charge in [-0.05, 0) is 92.8 Å². The second kappa shape index (κ2) is 13.5. The summed E-state index contributed by atoms with van der Waals surface area (Å²) in [5.74, 6) is -0.946. The van der Waals surface area contributed by atoms with Crippen LogP contribution in [0.1, 0.15) is 70.6 Å². The van der Waals surface area contributed by atoms with Crippen molar-refractivity contribution in [2.75, 3.05) is 36.0 Å². The molecule has 11 nitrogen and oxygen atoms in total. The highest BCUT2D eigenvalue weighted by Crippen LogP contribution is 2.50. The molecule has 1 aliphatic carbocycles. The summed E-state index contributed by atoms with van der Waals surface area (Å²) in [4.78, 5) is 46.7. The number of aromatic nitrogens is 1. The number of amides is 3. The molecule has 53 heavy (non-hydrogen) atoms. The van der Waals surface area contributed by atoms with Crippen molar-refractivity contribution >= 4 is 34.8 Å². The standard InChI is InChI=1S/C41H41FN6O5/c1-24-6-7-27(38-25(2)45-53-26(38)3)18-35(24)47(30-10-8-29(9-11-30)41(43-4)14-15-41)16-5-17-52-31-22-46(23-31)36-19-28-21-48(40(51)32(28)20-33(36)42)34-12-13-37(49)44-39(34)50/h6-11,18-20,31,34H,5,12-17,21-23H2,1-3H3,(H,44,49,50). The zero-order valence-electron chi connectivity index (χ0n) is 30.1. The van der Waals surface area contributed by atoms with Crippen molar-refractivity contribution in [1.29, 1.82) is 0 Å². The Morgan fingerprint density at radius 1 is 1.08 bits per heavy atom. The third kappa shape index (κ3) is 6.33. The Balaban J connectivity index is 0.922. The SMILES string of the molecule is [C-]#[N+]C1(c2ccc(N(CCCOC3CN(c4cc5c(cc4F)C(=O)N(C4CCC(=O)NC4=O)C5)C3)c3cc(-c4c(C)noc4C)ccc3C)cc2)CC1. The van der Waals surface area contributed by atoms with E-state index < -0.39 is 23.7 Å². The van der Waals surface area contributed by atoms with E-state index in [9.17, 15) is 14.4 Å². The molecule has 0 bridgehead atoms. The first kappa shape index (κ1) is 34.5. The van der Waals surface area contributed by atoms with E-state index in [-0.39, 0.29) is 42.5 Å². The summed E-state index contributed by atoms with van der Waals surface area (Å²) >= 11 is 0. The van der Waals surface area contributed by atoms with Gasteiger partial charge in [-0.15, -0.1) is 0 Å². The first-order valence-electron chi connectivity index (χ1n) is 18.2. The molecule has 8 rings (SSSR count). The van der Waals surface area contributed by atoms with E-state index in [2.05, 4.69) is 69.6 Å². The number of carbonyl (C=O) groups is 3. The van der Waals surface area contributed by atoms with Gasteiger partial charge in [0, 0.05) is 80.1 Å². The van der Waals surface area contributed by atoms with Crippen LogP contribution >= 0.6 is 0 Å². The molecule has 0 radical (unpaired) electrons. The lowest BCUT2D eigenvalue weighted by Crippen LogP contribution is -2.52. The van der Waals surface area contributed by atoms with Gasteiger partial charge in [-0.25, -0.2) is 11.0 Å². The van der Waals surface area contributed by atoms with Gasteiger partial charge in [0.25, 0.3) is 11.4 Å². The van der Waals surface area contributed by atoms with Crippen molar-refractivity contribution in [3.8, 4) is 11.1 Å². The van der Waals surface area contributed by atoms with Gasteiger partial charge in [-0.3, -0.25) is 19.7 Å². The molecular formula is C41H41FN6O5. The minimum absolute atomic E-state index is 0.0649. The Bertz CT molecular complexity index is 2140. The van der Waals surface area contributed by atoms with E-state index in [0.29, 0.717) is 37.5 Å². The number of nitrogens with zero attached hydrogens (tertiary/aromatic N) is 5. The Morgan fingerprint density at radius 2 is 1.85 bits per heavy atom. The fourth-order valence-electron chi connectivity index (χ4n) is 7.91. The summed E-state index contributed by atoms with van der Waals surface area (Å²) in [5.41, 5.74) is 8.12. The molecule has 4 aromatic rings. The summed E-state index contributed by atoms with van der Waals surface area (Å²) in [6, 6.07) is 17.0. The van der Waals surface area contributed by atoms with Gasteiger partial charge < -0.3 is 28.8 Å². The molecule has 4 heterocycles. The molecule has 1 aromatic heterocycles. The molecule has 1 unspecified atom stereocenters. The Kier molecular flexibility index (Phi) is 8.77. The molecule has 272 valence electrons. The topological polar surface area (TPSA) is 113 Å². The minimum atomic E-state index is -0.745. The van der Waals surface area contributed by atoms with E-state index >= 15 is 4.39 Å². The fourth-order valence-corrected chi connectivity index (χ4v) is 7.91. The number of ether oxygens (including phenoxy) is 1. The van der Waals surface area contributed by atoms with E-state index in [1.165, 1.54) is 11.0 Å². The Morgan fingerprint density at radius 3 is 2.53 bits per heavy atom. The molecule has 1 N–H and O–H groups in total. The maximum atomic E-state index is 15.3. The molecule has 3 amide bonds. The lowest BCUT2D eigenvalue weighted by molar-refractivity contribution is -0.136. The highest BCUT2D eigenvalue weighted by Gasteiger charge is 2.52. The number of hydrogen-bond donors (Lipinski definition) is 1. The monoisotopic (exact) mass is 716 g/mol. The molecule has 3 aromatic carbocycles. The van der Waals surface area contributed by atoms with E-state index in [4.69, 9.17) is 15.8 Å². The number of benzene rings is 3. The number of anilines is 3. The quantitative estimate of drug-likeness (QED) is 0.106. The molecule has 4 aliphatic rings. The average Bonchev–Trinajstić information content (AvgIpc) is 3.78. The number of halogens is 1. The van der Waals surface area contributed by atoms with E-state index in [1.54, 1.807) is 6.07 Å². The number of aryl methyl sites for hydroxylation is 3. The van der Waals surface area contributed by atoms with Gasteiger partial charge in [0.1, 0.15) is 17.6 Å². The first-order chi connectivity index (χ1) is 25.5. The van der Waals surface area contributed by atoms with Crippen LogP contribution in [0, 0.1) is 33.2 Å². The van der Waals surface area contributed by atoms with Crippen LogP contribution in [0.4, 0.5) is 21.5 Å². The van der Waals surface area contributed by atoms with Crippen molar-refractivity contribution in [2.24, 2.45) is 0 Å². The number of imide groups is 1. The van der Waals surface area contributed by atoms with Crippen LogP contribution in [-0.4, -0.2) is 66.2 Å². The predicted octanol–water partition coefficient (Wildman–Crippen LogP) is 6.51. The average molecular weight is 717 g/mol.